The highest BCUT2D eigenvalue weighted by molar-refractivity contribution is 7.21. The number of rotatable bonds is 2. The SMILES string of the molecule is O=c1oc(-c2nc3ccccc3s2)cc2ccc(N3CCNCC3)cc12. The van der Waals surface area contributed by atoms with Crippen molar-refractivity contribution in [1.82, 2.24) is 10.3 Å². The van der Waals surface area contributed by atoms with Crippen LogP contribution in [0.2, 0.25) is 0 Å². The number of piperazine rings is 1. The van der Waals surface area contributed by atoms with Gasteiger partial charge in [0.05, 0.1) is 15.6 Å². The zero-order chi connectivity index (χ0) is 17.5. The zero-order valence-electron chi connectivity index (χ0n) is 14.1. The Kier molecular flexibility index (Phi) is 3.72. The van der Waals surface area contributed by atoms with Crippen LogP contribution in [0.5, 0.6) is 0 Å². The average Bonchev–Trinajstić information content (AvgIpc) is 3.13. The van der Waals surface area contributed by atoms with E-state index in [1.807, 2.05) is 42.5 Å². The molecule has 6 heteroatoms. The molecular weight excluding hydrogens is 346 g/mol. The number of hydrogen-bond acceptors (Lipinski definition) is 6. The summed E-state index contributed by atoms with van der Waals surface area (Å²) in [7, 11) is 0. The molecule has 5 nitrogen and oxygen atoms in total. The molecule has 1 N–H and O–H groups in total. The Balaban J connectivity index is 1.59. The number of thiazole rings is 1. The lowest BCUT2D eigenvalue weighted by Crippen LogP contribution is -2.43. The van der Waals surface area contributed by atoms with E-state index in [1.54, 1.807) is 0 Å². The second-order valence-electron chi connectivity index (χ2n) is 6.39. The number of benzene rings is 2. The van der Waals surface area contributed by atoms with E-state index in [0.717, 1.165) is 52.5 Å². The number of anilines is 1. The van der Waals surface area contributed by atoms with Gasteiger partial charge < -0.3 is 14.6 Å². The summed E-state index contributed by atoms with van der Waals surface area (Å²) in [6.45, 7) is 3.81. The van der Waals surface area contributed by atoms with Crippen LogP contribution >= 0.6 is 11.3 Å². The van der Waals surface area contributed by atoms with Gasteiger partial charge in [-0.15, -0.1) is 11.3 Å². The average molecular weight is 363 g/mol. The normalized spacial score (nSPS) is 15.0. The first kappa shape index (κ1) is 15.5. The van der Waals surface area contributed by atoms with E-state index < -0.39 is 0 Å². The number of para-hydroxylation sites is 1. The van der Waals surface area contributed by atoms with E-state index in [0.29, 0.717) is 11.1 Å². The van der Waals surface area contributed by atoms with Gasteiger partial charge in [0.2, 0.25) is 0 Å². The topological polar surface area (TPSA) is 58.4 Å². The molecule has 0 atom stereocenters. The molecule has 4 aromatic rings. The standard InChI is InChI=1S/C20H17N3O2S/c24-20-15-12-14(23-9-7-21-8-10-23)6-5-13(15)11-17(25-20)19-22-16-3-1-2-4-18(16)26-19/h1-6,11-12,21H,7-10H2. The third kappa shape index (κ3) is 2.67. The highest BCUT2D eigenvalue weighted by atomic mass is 32.1. The van der Waals surface area contributed by atoms with E-state index in [4.69, 9.17) is 4.42 Å². The van der Waals surface area contributed by atoms with Gasteiger partial charge in [-0.1, -0.05) is 18.2 Å². The molecule has 0 unspecified atom stereocenters. The highest BCUT2D eigenvalue weighted by Crippen LogP contribution is 2.31. The van der Waals surface area contributed by atoms with Gasteiger partial charge in [0.1, 0.15) is 0 Å². The molecule has 1 saturated heterocycles. The van der Waals surface area contributed by atoms with Crippen LogP contribution in [-0.2, 0) is 0 Å². The molecule has 1 fully saturated rings. The molecule has 5 rings (SSSR count). The lowest BCUT2D eigenvalue weighted by Gasteiger charge is -2.29. The first-order valence-electron chi connectivity index (χ1n) is 8.67. The maximum Gasteiger partial charge on any atom is 0.344 e. The van der Waals surface area contributed by atoms with E-state index in [1.165, 1.54) is 11.3 Å². The molecule has 0 amide bonds. The van der Waals surface area contributed by atoms with Crippen LogP contribution in [0.15, 0.2) is 57.7 Å². The van der Waals surface area contributed by atoms with Crippen LogP contribution in [-0.4, -0.2) is 31.2 Å². The molecule has 0 aliphatic carbocycles. The monoisotopic (exact) mass is 363 g/mol. The molecule has 3 heterocycles. The molecular formula is C20H17N3O2S. The van der Waals surface area contributed by atoms with Crippen LogP contribution in [0.3, 0.4) is 0 Å². The number of nitrogens with one attached hydrogen (secondary N) is 1. The molecule has 0 spiro atoms. The fourth-order valence-corrected chi connectivity index (χ4v) is 4.29. The van der Waals surface area contributed by atoms with E-state index in [-0.39, 0.29) is 5.63 Å². The Morgan fingerprint density at radius 3 is 2.77 bits per heavy atom. The Morgan fingerprint density at radius 2 is 1.92 bits per heavy atom. The summed E-state index contributed by atoms with van der Waals surface area (Å²) in [6.07, 6.45) is 0. The Labute approximate surface area is 153 Å². The van der Waals surface area contributed by atoms with Gasteiger partial charge >= 0.3 is 5.63 Å². The molecule has 0 radical (unpaired) electrons. The second kappa shape index (κ2) is 6.23. The minimum atomic E-state index is -0.311. The molecule has 2 aromatic carbocycles. The lowest BCUT2D eigenvalue weighted by molar-refractivity contribution is 0.534. The number of fused-ring (bicyclic) bond motifs is 2. The number of nitrogens with zero attached hydrogens (tertiary/aromatic N) is 2. The molecule has 0 saturated carbocycles. The predicted molar refractivity (Wildman–Crippen MR) is 106 cm³/mol. The number of hydrogen-bond donors (Lipinski definition) is 1. The van der Waals surface area contributed by atoms with E-state index in [9.17, 15) is 4.79 Å². The maximum atomic E-state index is 12.6. The molecule has 2 aromatic heterocycles. The van der Waals surface area contributed by atoms with Crippen molar-refractivity contribution in [1.29, 1.82) is 0 Å². The second-order valence-corrected chi connectivity index (χ2v) is 7.42. The predicted octanol–water partition coefficient (Wildman–Crippen LogP) is 3.48. The van der Waals surface area contributed by atoms with Crippen LogP contribution in [0.1, 0.15) is 0 Å². The molecule has 0 bridgehead atoms. The van der Waals surface area contributed by atoms with Gasteiger partial charge in [-0.3, -0.25) is 0 Å². The quantitative estimate of drug-likeness (QED) is 0.591. The Hall–Kier alpha value is -2.70. The van der Waals surface area contributed by atoms with Crippen molar-refractivity contribution >= 4 is 38.0 Å². The molecule has 1 aliphatic rings. The summed E-state index contributed by atoms with van der Waals surface area (Å²) < 4.78 is 6.69. The van der Waals surface area contributed by atoms with E-state index in [2.05, 4.69) is 21.3 Å². The maximum absolute atomic E-state index is 12.6. The van der Waals surface area contributed by atoms with Gasteiger partial charge in [-0.2, -0.15) is 0 Å². The van der Waals surface area contributed by atoms with Crippen LogP contribution in [0.4, 0.5) is 5.69 Å². The third-order valence-corrected chi connectivity index (χ3v) is 5.78. The summed E-state index contributed by atoms with van der Waals surface area (Å²) in [4.78, 5) is 19.5. The van der Waals surface area contributed by atoms with Gasteiger partial charge in [0.15, 0.2) is 10.8 Å². The van der Waals surface area contributed by atoms with Crippen molar-refractivity contribution in [3.8, 4) is 10.8 Å². The summed E-state index contributed by atoms with van der Waals surface area (Å²) >= 11 is 1.53. The smallest absolute Gasteiger partial charge is 0.344 e. The fraction of sp³-hybridized carbons (Fsp3) is 0.200. The third-order valence-electron chi connectivity index (χ3n) is 4.73. The summed E-state index contributed by atoms with van der Waals surface area (Å²) in [5.41, 5.74) is 1.68. The molecule has 26 heavy (non-hydrogen) atoms. The highest BCUT2D eigenvalue weighted by Gasteiger charge is 2.14. The van der Waals surface area contributed by atoms with Crippen molar-refractivity contribution < 1.29 is 4.42 Å². The van der Waals surface area contributed by atoms with Crippen molar-refractivity contribution in [2.45, 2.75) is 0 Å². The van der Waals surface area contributed by atoms with Gasteiger partial charge in [-0.05, 0) is 35.7 Å². The van der Waals surface area contributed by atoms with Gasteiger partial charge in [-0.25, -0.2) is 9.78 Å². The largest absolute Gasteiger partial charge is 0.420 e. The van der Waals surface area contributed by atoms with E-state index >= 15 is 0 Å². The van der Waals surface area contributed by atoms with Crippen LogP contribution < -0.4 is 15.8 Å². The van der Waals surface area contributed by atoms with Crippen molar-refractivity contribution in [3.63, 3.8) is 0 Å². The first-order chi connectivity index (χ1) is 12.8. The van der Waals surface area contributed by atoms with Crippen LogP contribution in [0, 0.1) is 0 Å². The summed E-state index contributed by atoms with van der Waals surface area (Å²) in [5.74, 6) is 0.527. The molecule has 130 valence electrons. The van der Waals surface area contributed by atoms with Gasteiger partial charge in [0.25, 0.3) is 0 Å². The lowest BCUT2D eigenvalue weighted by atomic mass is 10.1. The molecule has 1 aliphatic heterocycles. The van der Waals surface area contributed by atoms with Crippen molar-refractivity contribution in [3.05, 3.63) is 59.0 Å². The zero-order valence-corrected chi connectivity index (χ0v) is 14.9. The minimum absolute atomic E-state index is 0.311. The fourth-order valence-electron chi connectivity index (χ4n) is 3.38. The Bertz CT molecular complexity index is 1130. The van der Waals surface area contributed by atoms with Gasteiger partial charge in [0, 0.05) is 31.9 Å². The Morgan fingerprint density at radius 1 is 1.08 bits per heavy atom. The van der Waals surface area contributed by atoms with Crippen LogP contribution in [0.25, 0.3) is 31.8 Å². The minimum Gasteiger partial charge on any atom is -0.420 e. The number of aromatic nitrogens is 1. The first-order valence-corrected chi connectivity index (χ1v) is 9.49. The van der Waals surface area contributed by atoms with Crippen molar-refractivity contribution in [2.75, 3.05) is 31.1 Å². The summed E-state index contributed by atoms with van der Waals surface area (Å²) in [5, 5.41) is 5.57. The van der Waals surface area contributed by atoms with Crippen molar-refractivity contribution in [2.24, 2.45) is 0 Å². The summed E-state index contributed by atoms with van der Waals surface area (Å²) in [6, 6.07) is 15.9.